The Morgan fingerprint density at radius 3 is 1.65 bits per heavy atom. The first-order valence-corrected chi connectivity index (χ1v) is 6.91. The van der Waals surface area contributed by atoms with Gasteiger partial charge in [0.05, 0.1) is 0 Å². The first-order valence-electron chi connectivity index (χ1n) is 6.91. The Kier molecular flexibility index (Phi) is 4.57. The van der Waals surface area contributed by atoms with Gasteiger partial charge in [-0.25, -0.2) is 0 Å². The van der Waals surface area contributed by atoms with E-state index in [1.165, 1.54) is 22.3 Å². The van der Waals surface area contributed by atoms with Crippen LogP contribution in [0.1, 0.15) is 41.0 Å². The summed E-state index contributed by atoms with van der Waals surface area (Å²) >= 11 is 0. The molecule has 0 aliphatic rings. The van der Waals surface area contributed by atoms with Crippen LogP contribution in [0.25, 0.3) is 0 Å². The molecule has 1 N–H and O–H groups in total. The van der Waals surface area contributed by atoms with Gasteiger partial charge in [0.15, 0.2) is 0 Å². The Balaban J connectivity index is 2.30. The Bertz CT molecular complexity index is 522. The molecule has 0 spiro atoms. The molecule has 0 saturated heterocycles. The fraction of sp³-hybridized carbons (Fsp3) is 0.278. The molecular formula is C18H20O2. The van der Waals surface area contributed by atoms with Crippen molar-refractivity contribution in [3.63, 3.8) is 0 Å². The van der Waals surface area contributed by atoms with Crippen molar-refractivity contribution in [1.29, 1.82) is 0 Å². The number of carboxylic acids is 1. The number of carbonyl (C=O) groups is 1. The minimum atomic E-state index is -0.741. The number of hydrogen-bond acceptors (Lipinski definition) is 1. The van der Waals surface area contributed by atoms with Crippen LogP contribution in [0.15, 0.2) is 48.5 Å². The normalized spacial score (nSPS) is 10.8. The molecule has 0 amide bonds. The maximum absolute atomic E-state index is 10.9. The summed E-state index contributed by atoms with van der Waals surface area (Å²) in [6.45, 7) is 4.11. The number of aliphatic carboxylic acids is 1. The zero-order chi connectivity index (χ0) is 14.5. The van der Waals surface area contributed by atoms with Crippen LogP contribution in [-0.2, 0) is 4.79 Å². The van der Waals surface area contributed by atoms with Crippen molar-refractivity contribution < 1.29 is 9.90 Å². The highest BCUT2D eigenvalue weighted by molar-refractivity contribution is 5.66. The van der Waals surface area contributed by atoms with Crippen LogP contribution >= 0.6 is 0 Å². The predicted octanol–water partition coefficient (Wildman–Crippen LogP) is 4.30. The van der Waals surface area contributed by atoms with Gasteiger partial charge in [-0.15, -0.1) is 0 Å². The number of aryl methyl sites for hydroxylation is 2. The lowest BCUT2D eigenvalue weighted by Crippen LogP contribution is -2.05. The van der Waals surface area contributed by atoms with E-state index in [-0.39, 0.29) is 12.3 Å². The SMILES string of the molecule is Cc1ccc(C(CCC(=O)O)c2ccc(C)cc2)cc1. The summed E-state index contributed by atoms with van der Waals surface area (Å²) in [7, 11) is 0. The van der Waals surface area contributed by atoms with Crippen molar-refractivity contribution in [2.24, 2.45) is 0 Å². The minimum Gasteiger partial charge on any atom is -0.481 e. The third kappa shape index (κ3) is 3.70. The Labute approximate surface area is 120 Å². The number of hydrogen-bond donors (Lipinski definition) is 1. The summed E-state index contributed by atoms with van der Waals surface area (Å²) in [5, 5.41) is 8.94. The summed E-state index contributed by atoms with van der Waals surface area (Å²) in [6, 6.07) is 16.7. The van der Waals surface area contributed by atoms with Gasteiger partial charge in [-0.1, -0.05) is 59.7 Å². The van der Waals surface area contributed by atoms with Gasteiger partial charge in [0, 0.05) is 12.3 Å². The monoisotopic (exact) mass is 268 g/mol. The second-order valence-electron chi connectivity index (χ2n) is 5.31. The minimum absolute atomic E-state index is 0.146. The molecule has 2 heteroatoms. The molecule has 2 rings (SSSR count). The van der Waals surface area contributed by atoms with Gasteiger partial charge in [0.2, 0.25) is 0 Å². The number of benzene rings is 2. The fourth-order valence-electron chi connectivity index (χ4n) is 2.39. The average molecular weight is 268 g/mol. The zero-order valence-corrected chi connectivity index (χ0v) is 12.0. The van der Waals surface area contributed by atoms with Crippen molar-refractivity contribution in [1.82, 2.24) is 0 Å². The van der Waals surface area contributed by atoms with Crippen LogP contribution in [0, 0.1) is 13.8 Å². The summed E-state index contributed by atoms with van der Waals surface area (Å²) in [6.07, 6.45) is 0.813. The van der Waals surface area contributed by atoms with E-state index in [0.29, 0.717) is 6.42 Å². The number of rotatable bonds is 5. The van der Waals surface area contributed by atoms with Crippen molar-refractivity contribution in [3.8, 4) is 0 Å². The van der Waals surface area contributed by atoms with Crippen molar-refractivity contribution in [3.05, 3.63) is 70.8 Å². The van der Waals surface area contributed by atoms with E-state index in [9.17, 15) is 4.79 Å². The molecule has 0 heterocycles. The lowest BCUT2D eigenvalue weighted by molar-refractivity contribution is -0.137. The lowest BCUT2D eigenvalue weighted by Gasteiger charge is -2.18. The van der Waals surface area contributed by atoms with E-state index in [1.54, 1.807) is 0 Å². The molecule has 2 nitrogen and oxygen atoms in total. The summed E-state index contributed by atoms with van der Waals surface area (Å²) in [4.78, 5) is 10.9. The quantitative estimate of drug-likeness (QED) is 0.877. The van der Waals surface area contributed by atoms with Gasteiger partial charge in [-0.05, 0) is 31.4 Å². The molecule has 104 valence electrons. The van der Waals surface area contributed by atoms with E-state index < -0.39 is 5.97 Å². The molecule has 0 atom stereocenters. The summed E-state index contributed by atoms with van der Waals surface area (Å²) in [5.41, 5.74) is 4.80. The molecule has 0 aromatic heterocycles. The molecule has 0 radical (unpaired) electrons. The molecule has 0 bridgehead atoms. The molecule has 0 aliphatic heterocycles. The largest absolute Gasteiger partial charge is 0.481 e. The summed E-state index contributed by atoms with van der Waals surface area (Å²) < 4.78 is 0. The van der Waals surface area contributed by atoms with Crippen LogP contribution in [0.5, 0.6) is 0 Å². The van der Waals surface area contributed by atoms with Crippen LogP contribution in [0.4, 0.5) is 0 Å². The first-order chi connectivity index (χ1) is 9.56. The van der Waals surface area contributed by atoms with E-state index in [0.717, 1.165) is 0 Å². The Hall–Kier alpha value is -2.09. The first kappa shape index (κ1) is 14.3. The predicted molar refractivity (Wildman–Crippen MR) is 81.1 cm³/mol. The average Bonchev–Trinajstić information content (AvgIpc) is 2.42. The van der Waals surface area contributed by atoms with Crippen molar-refractivity contribution in [2.75, 3.05) is 0 Å². The van der Waals surface area contributed by atoms with Crippen molar-refractivity contribution in [2.45, 2.75) is 32.6 Å². The zero-order valence-electron chi connectivity index (χ0n) is 12.0. The Morgan fingerprint density at radius 2 is 1.30 bits per heavy atom. The molecular weight excluding hydrogens is 248 g/mol. The second kappa shape index (κ2) is 6.38. The molecule has 0 saturated carbocycles. The van der Waals surface area contributed by atoms with E-state index in [2.05, 4.69) is 62.4 Å². The van der Waals surface area contributed by atoms with Gasteiger partial charge >= 0.3 is 5.97 Å². The molecule has 0 aliphatic carbocycles. The van der Waals surface area contributed by atoms with Crippen LogP contribution in [0.3, 0.4) is 0 Å². The van der Waals surface area contributed by atoms with Gasteiger partial charge in [0.1, 0.15) is 0 Å². The molecule has 2 aromatic carbocycles. The highest BCUT2D eigenvalue weighted by Crippen LogP contribution is 2.29. The highest BCUT2D eigenvalue weighted by atomic mass is 16.4. The maximum Gasteiger partial charge on any atom is 0.303 e. The van der Waals surface area contributed by atoms with Gasteiger partial charge in [-0.2, -0.15) is 0 Å². The van der Waals surface area contributed by atoms with Crippen LogP contribution in [-0.4, -0.2) is 11.1 Å². The fourth-order valence-corrected chi connectivity index (χ4v) is 2.39. The van der Waals surface area contributed by atoms with Gasteiger partial charge in [0.25, 0.3) is 0 Å². The maximum atomic E-state index is 10.9. The van der Waals surface area contributed by atoms with Crippen LogP contribution in [0.2, 0.25) is 0 Å². The van der Waals surface area contributed by atoms with Gasteiger partial charge < -0.3 is 5.11 Å². The highest BCUT2D eigenvalue weighted by Gasteiger charge is 2.15. The van der Waals surface area contributed by atoms with E-state index in [1.807, 2.05) is 0 Å². The van der Waals surface area contributed by atoms with Crippen molar-refractivity contribution >= 4 is 5.97 Å². The Morgan fingerprint density at radius 1 is 0.900 bits per heavy atom. The van der Waals surface area contributed by atoms with E-state index in [4.69, 9.17) is 5.11 Å². The molecule has 2 aromatic rings. The van der Waals surface area contributed by atoms with Gasteiger partial charge in [-0.3, -0.25) is 4.79 Å². The lowest BCUT2D eigenvalue weighted by atomic mass is 9.87. The smallest absolute Gasteiger partial charge is 0.303 e. The molecule has 20 heavy (non-hydrogen) atoms. The standard InChI is InChI=1S/C18H20O2/c1-13-3-7-15(8-4-13)17(11-12-18(19)20)16-9-5-14(2)6-10-16/h3-10,17H,11-12H2,1-2H3,(H,19,20). The molecule has 0 fully saturated rings. The molecule has 0 unspecified atom stereocenters. The second-order valence-corrected chi connectivity index (χ2v) is 5.31. The topological polar surface area (TPSA) is 37.3 Å². The van der Waals surface area contributed by atoms with E-state index >= 15 is 0 Å². The third-order valence-corrected chi connectivity index (χ3v) is 3.61. The summed E-state index contributed by atoms with van der Waals surface area (Å²) in [5.74, 6) is -0.596. The number of carboxylic acid groups (broad SMARTS) is 1. The third-order valence-electron chi connectivity index (χ3n) is 3.61. The van der Waals surface area contributed by atoms with Crippen LogP contribution < -0.4 is 0 Å².